The highest BCUT2D eigenvalue weighted by atomic mass is 15.3. The monoisotopic (exact) mass is 339 g/mol. The van der Waals surface area contributed by atoms with Crippen LogP contribution in [0.1, 0.15) is 48.7 Å². The lowest BCUT2D eigenvalue weighted by molar-refractivity contribution is 0.244. The number of hydrogen-bond donors (Lipinski definition) is 0. The molecular formula is C20H29N5. The molecule has 2 saturated heterocycles. The van der Waals surface area contributed by atoms with E-state index in [9.17, 15) is 0 Å². The van der Waals surface area contributed by atoms with Gasteiger partial charge in [-0.25, -0.2) is 0 Å². The highest BCUT2D eigenvalue weighted by molar-refractivity contribution is 5.17. The summed E-state index contributed by atoms with van der Waals surface area (Å²) in [4.78, 5) is 9.70. The van der Waals surface area contributed by atoms with E-state index in [1.54, 1.807) is 0 Å². The Bertz CT molecular complexity index is 675. The summed E-state index contributed by atoms with van der Waals surface area (Å²) in [6, 6.07) is 6.71. The number of rotatable bonds is 6. The van der Waals surface area contributed by atoms with Crippen LogP contribution in [0.2, 0.25) is 0 Å². The van der Waals surface area contributed by atoms with Crippen LogP contribution in [0.15, 0.2) is 30.6 Å². The molecule has 2 fully saturated rings. The molecule has 0 aromatic carbocycles. The molecule has 4 rings (SSSR count). The first kappa shape index (κ1) is 16.7. The van der Waals surface area contributed by atoms with Crippen LogP contribution < -0.4 is 0 Å². The zero-order valence-electron chi connectivity index (χ0n) is 15.3. The first-order valence-electron chi connectivity index (χ1n) is 9.70. The third kappa shape index (κ3) is 3.93. The van der Waals surface area contributed by atoms with Crippen LogP contribution >= 0.6 is 0 Å². The van der Waals surface area contributed by atoms with Gasteiger partial charge >= 0.3 is 0 Å². The second-order valence-electron chi connectivity index (χ2n) is 7.43. The van der Waals surface area contributed by atoms with Gasteiger partial charge in [0.05, 0.1) is 24.0 Å². The van der Waals surface area contributed by atoms with Crippen molar-refractivity contribution in [3.8, 4) is 0 Å². The largest absolute Gasteiger partial charge is 0.301 e. The molecule has 4 heterocycles. The van der Waals surface area contributed by atoms with Gasteiger partial charge in [0.25, 0.3) is 0 Å². The second-order valence-corrected chi connectivity index (χ2v) is 7.43. The molecule has 2 aromatic rings. The summed E-state index contributed by atoms with van der Waals surface area (Å²) >= 11 is 0. The van der Waals surface area contributed by atoms with E-state index >= 15 is 0 Å². The molecule has 25 heavy (non-hydrogen) atoms. The highest BCUT2D eigenvalue weighted by Crippen LogP contribution is 2.32. The molecule has 5 nitrogen and oxygen atoms in total. The molecule has 134 valence electrons. The molecule has 1 unspecified atom stereocenters. The maximum Gasteiger partial charge on any atom is 0.0638 e. The fraction of sp³-hybridized carbons (Fsp3) is 0.600. The molecule has 0 saturated carbocycles. The molecule has 2 aliphatic heterocycles. The van der Waals surface area contributed by atoms with Crippen molar-refractivity contribution in [2.45, 2.75) is 51.7 Å². The minimum atomic E-state index is 0.452. The molecule has 0 aliphatic carbocycles. The van der Waals surface area contributed by atoms with Crippen molar-refractivity contribution in [3.05, 3.63) is 47.5 Å². The summed E-state index contributed by atoms with van der Waals surface area (Å²) in [5, 5.41) is 4.76. The summed E-state index contributed by atoms with van der Waals surface area (Å²) in [7, 11) is 0. The fourth-order valence-electron chi connectivity index (χ4n) is 4.22. The van der Waals surface area contributed by atoms with Crippen LogP contribution in [-0.2, 0) is 13.1 Å². The van der Waals surface area contributed by atoms with Crippen LogP contribution in [-0.4, -0.2) is 50.7 Å². The SMILES string of the molecule is Cc1nn(CCN2CCCC2)cc1CN1CCCC1c1ccccn1. The Balaban J connectivity index is 1.40. The van der Waals surface area contributed by atoms with Gasteiger partial charge in [-0.05, 0) is 64.4 Å². The third-order valence-corrected chi connectivity index (χ3v) is 5.66. The Morgan fingerprint density at radius 1 is 1.08 bits per heavy atom. The zero-order valence-corrected chi connectivity index (χ0v) is 15.3. The van der Waals surface area contributed by atoms with Crippen molar-refractivity contribution in [2.24, 2.45) is 0 Å². The van der Waals surface area contributed by atoms with Gasteiger partial charge in [-0.1, -0.05) is 6.07 Å². The van der Waals surface area contributed by atoms with Crippen molar-refractivity contribution < 1.29 is 0 Å². The van der Waals surface area contributed by atoms with Gasteiger partial charge < -0.3 is 4.90 Å². The molecule has 2 aliphatic rings. The Morgan fingerprint density at radius 2 is 1.96 bits per heavy atom. The minimum Gasteiger partial charge on any atom is -0.301 e. The Labute approximate surface area is 150 Å². The third-order valence-electron chi connectivity index (χ3n) is 5.66. The summed E-state index contributed by atoms with van der Waals surface area (Å²) in [6.45, 7) is 8.93. The van der Waals surface area contributed by atoms with Gasteiger partial charge in [0.2, 0.25) is 0 Å². The Kier molecular flexibility index (Phi) is 5.13. The molecular weight excluding hydrogens is 310 g/mol. The maximum atomic E-state index is 4.76. The summed E-state index contributed by atoms with van der Waals surface area (Å²) in [5.74, 6) is 0. The first-order valence-corrected chi connectivity index (χ1v) is 9.70. The van der Waals surface area contributed by atoms with Crippen LogP contribution in [0.4, 0.5) is 0 Å². The summed E-state index contributed by atoms with van der Waals surface area (Å²) in [6.07, 6.45) is 9.34. The van der Waals surface area contributed by atoms with E-state index in [0.29, 0.717) is 6.04 Å². The molecule has 0 N–H and O–H groups in total. The average molecular weight is 339 g/mol. The van der Waals surface area contributed by atoms with E-state index in [1.165, 1.54) is 55.7 Å². The van der Waals surface area contributed by atoms with Crippen molar-refractivity contribution >= 4 is 0 Å². The smallest absolute Gasteiger partial charge is 0.0638 e. The van der Waals surface area contributed by atoms with Crippen molar-refractivity contribution in [1.82, 2.24) is 24.6 Å². The van der Waals surface area contributed by atoms with Gasteiger partial charge in [0.15, 0.2) is 0 Å². The van der Waals surface area contributed by atoms with Gasteiger partial charge in [0, 0.05) is 31.0 Å². The normalized spacial score (nSPS) is 22.0. The van der Waals surface area contributed by atoms with Crippen LogP contribution in [0.25, 0.3) is 0 Å². The van der Waals surface area contributed by atoms with E-state index in [-0.39, 0.29) is 0 Å². The predicted octanol–water partition coefficient (Wildman–Crippen LogP) is 3.02. The van der Waals surface area contributed by atoms with E-state index in [1.807, 2.05) is 12.3 Å². The summed E-state index contributed by atoms with van der Waals surface area (Å²) < 4.78 is 2.15. The molecule has 5 heteroatoms. The standard InChI is InChI=1S/C20H29N5/c1-17-18(16-25(22-17)14-13-23-10-4-5-11-23)15-24-12-6-8-20(24)19-7-2-3-9-21-19/h2-3,7,9,16,20H,4-6,8,10-15H2,1H3. The van der Waals surface area contributed by atoms with Gasteiger partial charge in [-0.2, -0.15) is 5.10 Å². The molecule has 0 radical (unpaired) electrons. The molecule has 0 bridgehead atoms. The van der Waals surface area contributed by atoms with Crippen molar-refractivity contribution in [1.29, 1.82) is 0 Å². The van der Waals surface area contributed by atoms with Crippen LogP contribution in [0.5, 0.6) is 0 Å². The van der Waals surface area contributed by atoms with Crippen molar-refractivity contribution in [3.63, 3.8) is 0 Å². The lowest BCUT2D eigenvalue weighted by atomic mass is 10.1. The predicted molar refractivity (Wildman–Crippen MR) is 99.3 cm³/mol. The minimum absolute atomic E-state index is 0.452. The number of likely N-dealkylation sites (tertiary alicyclic amines) is 2. The number of hydrogen-bond acceptors (Lipinski definition) is 4. The first-order chi connectivity index (χ1) is 12.3. The molecule has 1 atom stereocenters. The number of aryl methyl sites for hydroxylation is 1. The maximum absolute atomic E-state index is 4.76. The fourth-order valence-corrected chi connectivity index (χ4v) is 4.22. The van der Waals surface area contributed by atoms with Gasteiger partial charge in [-0.3, -0.25) is 14.6 Å². The van der Waals surface area contributed by atoms with E-state index < -0.39 is 0 Å². The Hall–Kier alpha value is -1.72. The second kappa shape index (κ2) is 7.67. The Morgan fingerprint density at radius 3 is 2.76 bits per heavy atom. The van der Waals surface area contributed by atoms with Gasteiger partial charge in [-0.15, -0.1) is 0 Å². The number of aromatic nitrogens is 3. The number of pyridine rings is 1. The van der Waals surface area contributed by atoms with E-state index in [2.05, 4.69) is 44.7 Å². The zero-order chi connectivity index (χ0) is 17.1. The van der Waals surface area contributed by atoms with Crippen molar-refractivity contribution in [2.75, 3.05) is 26.2 Å². The van der Waals surface area contributed by atoms with E-state index in [4.69, 9.17) is 5.10 Å². The molecule has 0 amide bonds. The molecule has 0 spiro atoms. The van der Waals surface area contributed by atoms with Crippen LogP contribution in [0, 0.1) is 6.92 Å². The lowest BCUT2D eigenvalue weighted by Gasteiger charge is -2.23. The van der Waals surface area contributed by atoms with E-state index in [0.717, 1.165) is 26.2 Å². The molecule has 2 aromatic heterocycles. The summed E-state index contributed by atoms with van der Waals surface area (Å²) in [5.41, 5.74) is 3.75. The average Bonchev–Trinajstić information content (AvgIpc) is 3.37. The quantitative estimate of drug-likeness (QED) is 0.811. The number of nitrogens with zero attached hydrogens (tertiary/aromatic N) is 5. The highest BCUT2D eigenvalue weighted by Gasteiger charge is 2.27. The van der Waals surface area contributed by atoms with Crippen LogP contribution in [0.3, 0.4) is 0 Å². The lowest BCUT2D eigenvalue weighted by Crippen LogP contribution is -2.24. The van der Waals surface area contributed by atoms with Gasteiger partial charge in [0.1, 0.15) is 0 Å². The topological polar surface area (TPSA) is 37.2 Å².